The molecule has 0 aromatic carbocycles. The molecule has 0 aromatic heterocycles. The van der Waals surface area contributed by atoms with Crippen LogP contribution in [0.2, 0.25) is 0 Å². The zero-order valence-electron chi connectivity index (χ0n) is 20.3. The summed E-state index contributed by atoms with van der Waals surface area (Å²) in [5, 5.41) is 21.4. The smallest absolute Gasteiger partial charge is 0.0758 e. The summed E-state index contributed by atoms with van der Waals surface area (Å²) in [4.78, 5) is 0. The molecule has 30 heavy (non-hydrogen) atoms. The Morgan fingerprint density at radius 2 is 1.57 bits per heavy atom. The van der Waals surface area contributed by atoms with Gasteiger partial charge in [-0.25, -0.2) is 0 Å². The third-order valence-electron chi connectivity index (χ3n) is 10.6. The van der Waals surface area contributed by atoms with Crippen LogP contribution in [0.5, 0.6) is 0 Å². The van der Waals surface area contributed by atoms with Crippen molar-refractivity contribution in [2.45, 2.75) is 98.7 Å². The number of rotatable bonds is 4. The summed E-state index contributed by atoms with van der Waals surface area (Å²) in [7, 11) is 0. The second-order valence-corrected chi connectivity index (χ2v) is 12.4. The van der Waals surface area contributed by atoms with Crippen molar-refractivity contribution in [2.24, 2.45) is 52.3 Å². The Bertz CT molecular complexity index is 693. The molecule has 3 fully saturated rings. The average Bonchev–Trinajstić information content (AvgIpc) is 3.04. The van der Waals surface area contributed by atoms with Gasteiger partial charge in [-0.05, 0) is 97.2 Å². The molecule has 10 atom stereocenters. The monoisotopic (exact) mass is 414 g/mol. The van der Waals surface area contributed by atoms with Crippen molar-refractivity contribution in [1.82, 2.24) is 0 Å². The van der Waals surface area contributed by atoms with Gasteiger partial charge in [0, 0.05) is 0 Å². The average molecular weight is 415 g/mol. The number of hydrogen-bond acceptors (Lipinski definition) is 2. The quantitative estimate of drug-likeness (QED) is 0.524. The van der Waals surface area contributed by atoms with Crippen molar-refractivity contribution in [3.8, 4) is 0 Å². The first-order valence-electron chi connectivity index (χ1n) is 12.8. The molecule has 0 spiro atoms. The Morgan fingerprint density at radius 1 is 0.900 bits per heavy atom. The maximum atomic E-state index is 11.1. The molecule has 2 N–H and O–H groups in total. The van der Waals surface area contributed by atoms with E-state index < -0.39 is 0 Å². The van der Waals surface area contributed by atoms with Gasteiger partial charge in [0.05, 0.1) is 12.2 Å². The molecule has 0 saturated heterocycles. The number of aliphatic hydroxyl groups excluding tert-OH is 2. The molecule has 0 heterocycles. The lowest BCUT2D eigenvalue weighted by atomic mass is 9.47. The van der Waals surface area contributed by atoms with E-state index >= 15 is 0 Å². The van der Waals surface area contributed by atoms with Crippen LogP contribution >= 0.6 is 0 Å². The van der Waals surface area contributed by atoms with Crippen molar-refractivity contribution >= 4 is 0 Å². The van der Waals surface area contributed by atoms with Crippen LogP contribution < -0.4 is 0 Å². The number of aliphatic hydroxyl groups is 2. The SMILES string of the molecule is CC(C)[C@@H](C)/C=C/[C@@H](C)[C@H]1CC[C@H]2C3=C[C@H](O)C4C[C@@H](O)CC[C@]4(C)C3CC[C@]12C. The van der Waals surface area contributed by atoms with Gasteiger partial charge >= 0.3 is 0 Å². The van der Waals surface area contributed by atoms with Crippen molar-refractivity contribution in [1.29, 1.82) is 0 Å². The Balaban J connectivity index is 1.58. The molecule has 0 bridgehead atoms. The largest absolute Gasteiger partial charge is 0.393 e. The first-order chi connectivity index (χ1) is 14.1. The number of fused-ring (bicyclic) bond motifs is 5. The highest BCUT2D eigenvalue weighted by molar-refractivity contribution is 5.30. The molecule has 170 valence electrons. The first-order valence-corrected chi connectivity index (χ1v) is 12.8. The maximum absolute atomic E-state index is 11.1. The van der Waals surface area contributed by atoms with Gasteiger partial charge in [0.2, 0.25) is 0 Å². The number of hydrogen-bond donors (Lipinski definition) is 2. The molecule has 0 amide bonds. The van der Waals surface area contributed by atoms with E-state index in [0.717, 1.165) is 25.2 Å². The molecule has 2 unspecified atom stereocenters. The summed E-state index contributed by atoms with van der Waals surface area (Å²) in [5.41, 5.74) is 2.13. The lowest BCUT2D eigenvalue weighted by Crippen LogP contribution is -2.53. The molecule has 0 aromatic rings. The van der Waals surface area contributed by atoms with Crippen LogP contribution in [0.4, 0.5) is 0 Å². The summed E-state index contributed by atoms with van der Waals surface area (Å²) in [6.07, 6.45) is 14.6. The van der Waals surface area contributed by atoms with Crippen LogP contribution in [0.1, 0.15) is 86.5 Å². The van der Waals surface area contributed by atoms with E-state index in [0.29, 0.717) is 35.0 Å². The van der Waals surface area contributed by atoms with E-state index in [1.807, 2.05) is 0 Å². The topological polar surface area (TPSA) is 40.5 Å². The van der Waals surface area contributed by atoms with Gasteiger partial charge in [0.15, 0.2) is 0 Å². The van der Waals surface area contributed by atoms with Gasteiger partial charge in [-0.15, -0.1) is 0 Å². The molecule has 0 aliphatic heterocycles. The first kappa shape index (κ1) is 22.6. The Morgan fingerprint density at radius 3 is 2.27 bits per heavy atom. The van der Waals surface area contributed by atoms with Gasteiger partial charge in [-0.2, -0.15) is 0 Å². The van der Waals surface area contributed by atoms with E-state index in [1.165, 1.54) is 25.7 Å². The summed E-state index contributed by atoms with van der Waals surface area (Å²) in [6.45, 7) is 14.4. The third-order valence-corrected chi connectivity index (χ3v) is 10.6. The molecular weight excluding hydrogens is 368 g/mol. The van der Waals surface area contributed by atoms with Crippen molar-refractivity contribution in [2.75, 3.05) is 0 Å². The summed E-state index contributed by atoms with van der Waals surface area (Å²) >= 11 is 0. The van der Waals surface area contributed by atoms with Crippen LogP contribution in [0.3, 0.4) is 0 Å². The van der Waals surface area contributed by atoms with Gasteiger partial charge in [0.25, 0.3) is 0 Å². The highest BCUT2D eigenvalue weighted by atomic mass is 16.3. The minimum absolute atomic E-state index is 0.167. The second-order valence-electron chi connectivity index (χ2n) is 12.4. The molecule has 4 aliphatic carbocycles. The minimum Gasteiger partial charge on any atom is -0.393 e. The van der Waals surface area contributed by atoms with Crippen molar-refractivity contribution < 1.29 is 10.2 Å². The van der Waals surface area contributed by atoms with Crippen LogP contribution in [0, 0.1) is 52.3 Å². The van der Waals surface area contributed by atoms with E-state index in [9.17, 15) is 10.2 Å². The van der Waals surface area contributed by atoms with E-state index in [-0.39, 0.29) is 23.5 Å². The second kappa shape index (κ2) is 8.07. The third kappa shape index (κ3) is 3.54. The van der Waals surface area contributed by atoms with Crippen LogP contribution in [0.15, 0.2) is 23.8 Å². The number of allylic oxidation sites excluding steroid dienone is 3. The Kier molecular flexibility index (Phi) is 6.08. The van der Waals surface area contributed by atoms with Crippen LogP contribution in [0.25, 0.3) is 0 Å². The zero-order chi connectivity index (χ0) is 21.8. The molecule has 2 nitrogen and oxygen atoms in total. The van der Waals surface area contributed by atoms with Crippen LogP contribution in [-0.4, -0.2) is 22.4 Å². The normalized spacial score (nSPS) is 48.1. The molecule has 0 radical (unpaired) electrons. The van der Waals surface area contributed by atoms with Crippen LogP contribution in [-0.2, 0) is 0 Å². The van der Waals surface area contributed by atoms with Gasteiger partial charge in [0.1, 0.15) is 0 Å². The fourth-order valence-corrected chi connectivity index (χ4v) is 8.17. The zero-order valence-corrected chi connectivity index (χ0v) is 20.3. The molecule has 4 aliphatic rings. The lowest BCUT2D eigenvalue weighted by Gasteiger charge is -2.58. The minimum atomic E-state index is -0.373. The predicted octanol–water partition coefficient (Wildman–Crippen LogP) is 6.38. The highest BCUT2D eigenvalue weighted by Gasteiger charge is 2.59. The van der Waals surface area contributed by atoms with Crippen molar-refractivity contribution in [3.05, 3.63) is 23.8 Å². The molecule has 3 saturated carbocycles. The maximum Gasteiger partial charge on any atom is 0.0758 e. The van der Waals surface area contributed by atoms with Gasteiger partial charge < -0.3 is 10.2 Å². The Labute approximate surface area is 185 Å². The van der Waals surface area contributed by atoms with E-state index in [1.54, 1.807) is 5.57 Å². The Hall–Kier alpha value is -0.600. The molecule has 4 rings (SSSR count). The van der Waals surface area contributed by atoms with E-state index in [2.05, 4.69) is 59.8 Å². The van der Waals surface area contributed by atoms with Crippen molar-refractivity contribution in [3.63, 3.8) is 0 Å². The summed E-state index contributed by atoms with van der Waals surface area (Å²) in [5.74, 6) is 4.20. The van der Waals surface area contributed by atoms with Gasteiger partial charge in [-0.1, -0.05) is 65.3 Å². The molecular formula is C28H46O2. The summed E-state index contributed by atoms with van der Waals surface area (Å²) in [6, 6.07) is 0. The summed E-state index contributed by atoms with van der Waals surface area (Å²) < 4.78 is 0. The lowest BCUT2D eigenvalue weighted by molar-refractivity contribution is -0.0829. The van der Waals surface area contributed by atoms with Gasteiger partial charge in [-0.3, -0.25) is 0 Å². The standard InChI is InChI=1S/C28H46O2/c1-17(2)18(3)7-8-19(4)22-9-10-23-21-16-26(30)25-15-20(29)11-13-28(25,6)24(21)12-14-27(22,23)5/h7-8,16-20,22-26,29-30H,9-15H2,1-6H3/b8-7+/t18-,19+,20-,22+,23-,24?,25?,26-,27+,28+/m0/s1. The fourth-order valence-electron chi connectivity index (χ4n) is 8.17. The predicted molar refractivity (Wildman–Crippen MR) is 125 cm³/mol. The molecule has 2 heteroatoms. The fraction of sp³-hybridized carbons (Fsp3) is 0.857. The highest BCUT2D eigenvalue weighted by Crippen LogP contribution is 2.66. The van der Waals surface area contributed by atoms with E-state index in [4.69, 9.17) is 0 Å².